The number of piperazine rings is 1. The van der Waals surface area contributed by atoms with Crippen LogP contribution in [0, 0.1) is 33.3 Å². The summed E-state index contributed by atoms with van der Waals surface area (Å²) in [6, 6.07) is 13.2. The van der Waals surface area contributed by atoms with Crippen LogP contribution < -0.4 is 9.64 Å². The van der Waals surface area contributed by atoms with Crippen LogP contribution in [0.5, 0.6) is 5.75 Å². The number of ether oxygens (including phenoxy) is 1. The maximum Gasteiger partial charge on any atom is 0.270 e. The number of non-ortho nitro benzene ring substituents is 1. The summed E-state index contributed by atoms with van der Waals surface area (Å²) in [5.41, 5.74) is 3.52. The highest BCUT2D eigenvalue weighted by Crippen LogP contribution is 2.40. The number of carbonyl (C=O) groups is 1. The number of nitro groups is 1. The predicted octanol–water partition coefficient (Wildman–Crippen LogP) is 2.86. The fourth-order valence-electron chi connectivity index (χ4n) is 6.30. The molecule has 0 saturated carbocycles. The van der Waals surface area contributed by atoms with Gasteiger partial charge in [-0.2, -0.15) is 5.26 Å². The van der Waals surface area contributed by atoms with Gasteiger partial charge in [0.15, 0.2) is 0 Å². The minimum Gasteiger partial charge on any atom is -0.496 e. The van der Waals surface area contributed by atoms with Gasteiger partial charge in [0.25, 0.3) is 5.69 Å². The van der Waals surface area contributed by atoms with Gasteiger partial charge in [0.1, 0.15) is 11.8 Å². The van der Waals surface area contributed by atoms with Crippen molar-refractivity contribution in [1.82, 2.24) is 9.80 Å². The fourth-order valence-corrected chi connectivity index (χ4v) is 6.30. The Labute approximate surface area is 211 Å². The SMILES string of the molecule is COc1cccc2c1C[C@H]1C[C@@H](C(=O)N3CCN(c4ccc([N+](=O)[O-])cc4C#N)CC3)CN(C)[C@@H]1C2. The molecule has 3 aliphatic rings. The van der Waals surface area contributed by atoms with Gasteiger partial charge in [0, 0.05) is 50.9 Å². The number of hydrogen-bond donors (Lipinski definition) is 0. The third-order valence-corrected chi connectivity index (χ3v) is 8.14. The Morgan fingerprint density at radius 1 is 1.17 bits per heavy atom. The van der Waals surface area contributed by atoms with E-state index in [1.165, 1.54) is 23.3 Å². The topological polar surface area (TPSA) is 103 Å². The molecule has 1 amide bonds. The first-order valence-electron chi connectivity index (χ1n) is 12.5. The van der Waals surface area contributed by atoms with Gasteiger partial charge in [-0.25, -0.2) is 0 Å². The number of rotatable bonds is 4. The number of anilines is 1. The van der Waals surface area contributed by atoms with Crippen LogP contribution in [0.2, 0.25) is 0 Å². The zero-order chi connectivity index (χ0) is 25.4. The number of benzene rings is 2. The van der Waals surface area contributed by atoms with Gasteiger partial charge < -0.3 is 19.4 Å². The normalized spacial score (nSPS) is 23.9. The Morgan fingerprint density at radius 2 is 1.94 bits per heavy atom. The maximum atomic E-state index is 13.6. The van der Waals surface area contributed by atoms with E-state index in [-0.39, 0.29) is 23.1 Å². The fraction of sp³-hybridized carbons (Fsp3) is 0.481. The molecule has 2 aliphatic heterocycles. The summed E-state index contributed by atoms with van der Waals surface area (Å²) in [7, 11) is 3.86. The second-order valence-electron chi connectivity index (χ2n) is 10.1. The van der Waals surface area contributed by atoms with Crippen LogP contribution in [0.1, 0.15) is 23.1 Å². The quantitative estimate of drug-likeness (QED) is 0.481. The van der Waals surface area contributed by atoms with E-state index in [0.717, 1.165) is 31.6 Å². The Kier molecular flexibility index (Phi) is 6.54. The van der Waals surface area contributed by atoms with Crippen molar-refractivity contribution in [2.75, 3.05) is 51.8 Å². The lowest BCUT2D eigenvalue weighted by Gasteiger charge is -2.47. The maximum absolute atomic E-state index is 13.6. The molecule has 2 heterocycles. The summed E-state index contributed by atoms with van der Waals surface area (Å²) in [5, 5.41) is 20.6. The van der Waals surface area contributed by atoms with Crippen LogP contribution in [0.15, 0.2) is 36.4 Å². The molecule has 0 radical (unpaired) electrons. The molecule has 9 nitrogen and oxygen atoms in total. The second kappa shape index (κ2) is 9.78. The molecule has 2 aromatic rings. The minimum atomic E-state index is -0.492. The Hall–Kier alpha value is -3.64. The number of nitriles is 1. The van der Waals surface area contributed by atoms with Gasteiger partial charge in [-0.1, -0.05) is 12.1 Å². The van der Waals surface area contributed by atoms with Gasteiger partial charge in [-0.15, -0.1) is 0 Å². The standard InChI is InChI=1S/C27H31N5O4/c1-29-17-21(12-19-14-23-18(15-25(19)29)4-3-5-26(23)36-2)27(33)31-10-8-30(9-11-31)24-7-6-22(32(34)35)13-20(24)16-28/h3-7,13,19,21,25H,8-12,14-15,17H2,1-2H3/t19-,21-,25-/m1/s1. The van der Waals surface area contributed by atoms with E-state index in [1.54, 1.807) is 13.2 Å². The first kappa shape index (κ1) is 24.1. The van der Waals surface area contributed by atoms with E-state index in [2.05, 4.69) is 30.1 Å². The summed E-state index contributed by atoms with van der Waals surface area (Å²) in [6.07, 6.45) is 2.80. The van der Waals surface area contributed by atoms with Crippen molar-refractivity contribution < 1.29 is 14.5 Å². The van der Waals surface area contributed by atoms with Crippen LogP contribution in [0.3, 0.4) is 0 Å². The Bertz CT molecular complexity index is 1220. The van der Waals surface area contributed by atoms with Crippen molar-refractivity contribution in [3.63, 3.8) is 0 Å². The van der Waals surface area contributed by atoms with Crippen LogP contribution in [0.25, 0.3) is 0 Å². The highest BCUT2D eigenvalue weighted by Gasteiger charge is 2.42. The van der Waals surface area contributed by atoms with Gasteiger partial charge in [0.05, 0.1) is 29.2 Å². The highest BCUT2D eigenvalue weighted by molar-refractivity contribution is 5.79. The molecule has 0 unspecified atom stereocenters. The number of nitrogens with zero attached hydrogens (tertiary/aromatic N) is 5. The molecule has 2 aromatic carbocycles. The Balaban J connectivity index is 1.24. The van der Waals surface area contributed by atoms with Crippen molar-refractivity contribution >= 4 is 17.3 Å². The molecular formula is C27H31N5O4. The highest BCUT2D eigenvalue weighted by atomic mass is 16.6. The zero-order valence-electron chi connectivity index (χ0n) is 20.7. The molecule has 5 rings (SSSR count). The van der Waals surface area contributed by atoms with E-state index < -0.39 is 4.92 Å². The number of carbonyl (C=O) groups excluding carboxylic acids is 1. The molecule has 2 saturated heterocycles. The molecule has 188 valence electrons. The van der Waals surface area contributed by atoms with Crippen molar-refractivity contribution in [3.8, 4) is 11.8 Å². The van der Waals surface area contributed by atoms with E-state index in [0.29, 0.717) is 43.8 Å². The minimum absolute atomic E-state index is 0.0342. The van der Waals surface area contributed by atoms with Gasteiger partial charge in [-0.3, -0.25) is 14.9 Å². The third kappa shape index (κ3) is 4.37. The lowest BCUT2D eigenvalue weighted by atomic mass is 9.72. The molecule has 2 fully saturated rings. The van der Waals surface area contributed by atoms with Crippen molar-refractivity contribution in [3.05, 3.63) is 63.2 Å². The largest absolute Gasteiger partial charge is 0.496 e. The first-order chi connectivity index (χ1) is 17.4. The Morgan fingerprint density at radius 3 is 2.64 bits per heavy atom. The summed E-state index contributed by atoms with van der Waals surface area (Å²) in [6.45, 7) is 3.10. The third-order valence-electron chi connectivity index (χ3n) is 8.14. The number of likely N-dealkylation sites (tertiary alicyclic amines) is 1. The van der Waals surface area contributed by atoms with E-state index in [9.17, 15) is 20.2 Å². The van der Waals surface area contributed by atoms with Crippen LogP contribution in [-0.4, -0.2) is 73.6 Å². The zero-order valence-corrected chi connectivity index (χ0v) is 20.7. The second-order valence-corrected chi connectivity index (χ2v) is 10.1. The molecule has 1 aliphatic carbocycles. The lowest BCUT2D eigenvalue weighted by Crippen LogP contribution is -2.56. The lowest BCUT2D eigenvalue weighted by molar-refractivity contribution is -0.384. The summed E-state index contributed by atoms with van der Waals surface area (Å²) in [5.74, 6) is 1.53. The number of fused-ring (bicyclic) bond motifs is 2. The average molecular weight is 490 g/mol. The number of likely N-dealkylation sites (N-methyl/N-ethyl adjacent to an activating group) is 1. The van der Waals surface area contributed by atoms with Gasteiger partial charge >= 0.3 is 0 Å². The van der Waals surface area contributed by atoms with Crippen LogP contribution in [0.4, 0.5) is 11.4 Å². The molecule has 36 heavy (non-hydrogen) atoms. The predicted molar refractivity (Wildman–Crippen MR) is 135 cm³/mol. The van der Waals surface area contributed by atoms with Gasteiger partial charge in [-0.05, 0) is 55.5 Å². The monoisotopic (exact) mass is 489 g/mol. The molecule has 0 N–H and O–H groups in total. The van der Waals surface area contributed by atoms with Crippen molar-refractivity contribution in [1.29, 1.82) is 5.26 Å². The number of piperidine rings is 1. The smallest absolute Gasteiger partial charge is 0.270 e. The van der Waals surface area contributed by atoms with E-state index in [4.69, 9.17) is 4.74 Å². The van der Waals surface area contributed by atoms with E-state index in [1.807, 2.05) is 15.9 Å². The van der Waals surface area contributed by atoms with E-state index >= 15 is 0 Å². The van der Waals surface area contributed by atoms with Crippen molar-refractivity contribution in [2.24, 2.45) is 11.8 Å². The number of methoxy groups -OCH3 is 1. The average Bonchev–Trinajstić information content (AvgIpc) is 2.91. The number of hydrogen-bond acceptors (Lipinski definition) is 7. The van der Waals surface area contributed by atoms with Crippen LogP contribution >= 0.6 is 0 Å². The molecule has 9 heteroatoms. The molecule has 0 aromatic heterocycles. The summed E-state index contributed by atoms with van der Waals surface area (Å²) in [4.78, 5) is 30.5. The molecule has 3 atom stereocenters. The summed E-state index contributed by atoms with van der Waals surface area (Å²) >= 11 is 0. The van der Waals surface area contributed by atoms with Crippen molar-refractivity contribution in [2.45, 2.75) is 25.3 Å². The molecule has 0 bridgehead atoms. The van der Waals surface area contributed by atoms with Gasteiger partial charge in [0.2, 0.25) is 5.91 Å². The van der Waals surface area contributed by atoms with Crippen LogP contribution in [-0.2, 0) is 17.6 Å². The molecular weight excluding hydrogens is 458 g/mol. The summed E-state index contributed by atoms with van der Waals surface area (Å²) < 4.78 is 5.62. The number of amides is 1. The number of nitro benzene ring substituents is 1. The molecule has 0 spiro atoms. The first-order valence-corrected chi connectivity index (χ1v) is 12.5.